The van der Waals surface area contributed by atoms with Crippen LogP contribution in [0.1, 0.15) is 17.4 Å². The van der Waals surface area contributed by atoms with Gasteiger partial charge in [0.15, 0.2) is 17.7 Å². The zero-order valence-corrected chi connectivity index (χ0v) is 14.6. The molecule has 10 nitrogen and oxygen atoms in total. The molecule has 142 valence electrons. The minimum Gasteiger partial charge on any atom is -0.394 e. The van der Waals surface area contributed by atoms with Crippen LogP contribution in [-0.2, 0) is 4.74 Å². The molecule has 4 N–H and O–H groups in total. The van der Waals surface area contributed by atoms with Crippen molar-refractivity contribution in [2.24, 2.45) is 0 Å². The van der Waals surface area contributed by atoms with Crippen LogP contribution < -0.4 is 11.2 Å². The van der Waals surface area contributed by atoms with Crippen LogP contribution in [-0.4, -0.2) is 59.8 Å². The van der Waals surface area contributed by atoms with Crippen molar-refractivity contribution in [3.8, 4) is 11.5 Å². The predicted molar refractivity (Wildman–Crippen MR) is 93.5 cm³/mol. The molecule has 4 rings (SSSR count). The molecular weight excluding hydrogens is 356 g/mol. The number of ether oxygens (including phenoxy) is 1. The lowest BCUT2D eigenvalue weighted by atomic mass is 10.1. The van der Waals surface area contributed by atoms with Gasteiger partial charge in [-0.05, 0) is 37.1 Å². The summed E-state index contributed by atoms with van der Waals surface area (Å²) in [6.45, 7) is 3.26. The fourth-order valence-corrected chi connectivity index (χ4v) is 3.36. The van der Waals surface area contributed by atoms with E-state index in [9.17, 15) is 24.9 Å². The van der Waals surface area contributed by atoms with E-state index in [1.165, 1.54) is 4.57 Å². The van der Waals surface area contributed by atoms with Crippen molar-refractivity contribution in [2.75, 3.05) is 6.61 Å². The Morgan fingerprint density at radius 1 is 1.15 bits per heavy atom. The van der Waals surface area contributed by atoms with Crippen molar-refractivity contribution in [1.82, 2.24) is 19.5 Å². The molecule has 0 saturated carbocycles. The second kappa shape index (κ2) is 6.20. The van der Waals surface area contributed by atoms with Gasteiger partial charge in [-0.2, -0.15) is 4.98 Å². The molecule has 0 aromatic heterocycles. The van der Waals surface area contributed by atoms with Gasteiger partial charge in [0.2, 0.25) is 0 Å². The van der Waals surface area contributed by atoms with E-state index in [4.69, 9.17) is 4.74 Å². The summed E-state index contributed by atoms with van der Waals surface area (Å²) < 4.78 is 7.00. The van der Waals surface area contributed by atoms with Crippen LogP contribution in [0.25, 0.3) is 22.6 Å². The molecule has 0 aliphatic carbocycles. The Balaban J connectivity index is 2.11. The Morgan fingerprint density at radius 3 is 2.52 bits per heavy atom. The van der Waals surface area contributed by atoms with Crippen molar-refractivity contribution in [3.63, 3.8) is 0 Å². The number of aliphatic hydroxyl groups is 3. The molecule has 0 spiro atoms. The summed E-state index contributed by atoms with van der Waals surface area (Å²) >= 11 is 0. The molecule has 4 atom stereocenters. The summed E-state index contributed by atoms with van der Waals surface area (Å²) in [4.78, 5) is 34.3. The summed E-state index contributed by atoms with van der Waals surface area (Å²) in [7, 11) is 0. The number of rotatable bonds is 2. The molecule has 0 unspecified atom stereocenters. The maximum atomic E-state index is 12.3. The SMILES string of the molecule is Cc1cc2nc3c(=O)[nH]c(=O)nc-3n([C@@H]3O[C@H](CO)[C@@H](O)[C@H]3O)c2cc1C. The highest BCUT2D eigenvalue weighted by Gasteiger charge is 2.45. The summed E-state index contributed by atoms with van der Waals surface area (Å²) in [5.41, 5.74) is 1.09. The van der Waals surface area contributed by atoms with E-state index < -0.39 is 42.4 Å². The first kappa shape index (κ1) is 17.7. The van der Waals surface area contributed by atoms with E-state index in [-0.39, 0.29) is 11.5 Å². The predicted octanol–water partition coefficient (Wildman–Crippen LogP) is -1.19. The van der Waals surface area contributed by atoms with Gasteiger partial charge < -0.3 is 20.1 Å². The number of H-pyrrole nitrogens is 1. The van der Waals surface area contributed by atoms with Gasteiger partial charge in [0.1, 0.15) is 18.3 Å². The zero-order valence-electron chi connectivity index (χ0n) is 14.6. The van der Waals surface area contributed by atoms with E-state index in [1.54, 1.807) is 12.1 Å². The molecule has 1 aromatic carbocycles. The monoisotopic (exact) mass is 374 g/mol. The van der Waals surface area contributed by atoms with Crippen molar-refractivity contribution in [2.45, 2.75) is 38.4 Å². The van der Waals surface area contributed by atoms with Gasteiger partial charge in [-0.3, -0.25) is 14.3 Å². The number of hydrogen-bond donors (Lipinski definition) is 4. The van der Waals surface area contributed by atoms with Crippen LogP contribution in [0.5, 0.6) is 0 Å². The molecule has 10 heteroatoms. The van der Waals surface area contributed by atoms with Gasteiger partial charge in [0, 0.05) is 0 Å². The average molecular weight is 374 g/mol. The minimum absolute atomic E-state index is 0.0747. The third-order valence-corrected chi connectivity index (χ3v) is 4.94. The molecule has 3 aliphatic heterocycles. The first-order valence-electron chi connectivity index (χ1n) is 8.38. The van der Waals surface area contributed by atoms with Crippen LogP contribution >= 0.6 is 0 Å². The highest BCUT2D eigenvalue weighted by Crippen LogP contribution is 2.35. The molecule has 1 aromatic rings. The highest BCUT2D eigenvalue weighted by atomic mass is 16.6. The molecule has 0 amide bonds. The lowest BCUT2D eigenvalue weighted by Gasteiger charge is -2.24. The van der Waals surface area contributed by atoms with Gasteiger partial charge in [0.05, 0.1) is 17.6 Å². The summed E-state index contributed by atoms with van der Waals surface area (Å²) in [6, 6.07) is 3.55. The lowest BCUT2D eigenvalue weighted by molar-refractivity contribution is -0.0505. The standard InChI is InChI=1S/C17H18N4O6/c1-6-3-8-9(4-7(6)2)21(16-13(24)12(23)10(5-22)27-16)14-11(18-8)15(25)20-17(26)19-14/h3-4,10,12-13,16,22-24H,5H2,1-2H3,(H,20,25,26)/t10-,12-,13-,16-/m1/s1. The number of benzene rings is 1. The molecule has 1 fully saturated rings. The number of aliphatic hydroxyl groups excluding tert-OH is 3. The number of nitrogens with zero attached hydrogens (tertiary/aromatic N) is 3. The number of nitrogens with one attached hydrogen (secondary N) is 1. The maximum absolute atomic E-state index is 12.3. The molecule has 0 radical (unpaired) electrons. The van der Waals surface area contributed by atoms with Gasteiger partial charge in [-0.1, -0.05) is 0 Å². The highest BCUT2D eigenvalue weighted by molar-refractivity contribution is 5.81. The summed E-state index contributed by atoms with van der Waals surface area (Å²) in [5, 5.41) is 30.0. The quantitative estimate of drug-likeness (QED) is 0.409. The normalized spacial score (nSPS) is 25.5. The van der Waals surface area contributed by atoms with Crippen molar-refractivity contribution in [3.05, 3.63) is 44.1 Å². The number of aromatic nitrogens is 4. The second-order valence-corrected chi connectivity index (χ2v) is 6.68. The topological polar surface area (TPSA) is 151 Å². The van der Waals surface area contributed by atoms with E-state index in [0.29, 0.717) is 11.0 Å². The van der Waals surface area contributed by atoms with Crippen LogP contribution in [0.2, 0.25) is 0 Å². The number of fused-ring (bicyclic) bond motifs is 2. The van der Waals surface area contributed by atoms with Crippen molar-refractivity contribution < 1.29 is 20.1 Å². The van der Waals surface area contributed by atoms with Crippen LogP contribution in [0, 0.1) is 13.8 Å². The fourth-order valence-electron chi connectivity index (χ4n) is 3.36. The van der Waals surface area contributed by atoms with Gasteiger partial charge in [-0.15, -0.1) is 0 Å². The largest absolute Gasteiger partial charge is 0.394 e. The molecule has 1 saturated heterocycles. The molecule has 0 bridgehead atoms. The minimum atomic E-state index is -1.40. The van der Waals surface area contributed by atoms with E-state index in [2.05, 4.69) is 15.0 Å². The maximum Gasteiger partial charge on any atom is 0.349 e. The molecular formula is C17H18N4O6. The molecule has 27 heavy (non-hydrogen) atoms. The van der Waals surface area contributed by atoms with Crippen molar-refractivity contribution >= 4 is 11.0 Å². The van der Waals surface area contributed by atoms with E-state index in [0.717, 1.165) is 11.1 Å². The zero-order chi connectivity index (χ0) is 19.5. The van der Waals surface area contributed by atoms with Crippen LogP contribution in [0.4, 0.5) is 0 Å². The van der Waals surface area contributed by atoms with Crippen molar-refractivity contribution in [1.29, 1.82) is 0 Å². The molecule has 3 aliphatic rings. The Kier molecular flexibility index (Phi) is 4.07. The van der Waals surface area contributed by atoms with Gasteiger partial charge in [-0.25, -0.2) is 9.78 Å². The summed E-state index contributed by atoms with van der Waals surface area (Å²) in [6.07, 6.45) is -4.93. The first-order valence-corrected chi connectivity index (χ1v) is 8.38. The van der Waals surface area contributed by atoms with Gasteiger partial charge >= 0.3 is 5.69 Å². The van der Waals surface area contributed by atoms with E-state index in [1.807, 2.05) is 13.8 Å². The number of aromatic amines is 1. The Hall–Kier alpha value is -2.66. The third kappa shape index (κ3) is 2.65. The van der Waals surface area contributed by atoms with Crippen LogP contribution in [0.15, 0.2) is 21.7 Å². The van der Waals surface area contributed by atoms with Gasteiger partial charge in [0.25, 0.3) is 5.56 Å². The Morgan fingerprint density at radius 2 is 1.85 bits per heavy atom. The Bertz CT molecular complexity index is 1120. The summed E-state index contributed by atoms with van der Waals surface area (Å²) in [5.74, 6) is -0.0747. The van der Waals surface area contributed by atoms with Crippen LogP contribution in [0.3, 0.4) is 0 Å². The second-order valence-electron chi connectivity index (χ2n) is 6.68. The lowest BCUT2D eigenvalue weighted by Crippen LogP contribution is -2.35. The number of hydrogen-bond acceptors (Lipinski definition) is 8. The third-order valence-electron chi connectivity index (χ3n) is 4.94. The molecule has 3 heterocycles. The van der Waals surface area contributed by atoms with E-state index >= 15 is 0 Å². The number of aryl methyl sites for hydroxylation is 2. The first-order chi connectivity index (χ1) is 12.8. The average Bonchev–Trinajstić information content (AvgIpc) is 2.90. The smallest absolute Gasteiger partial charge is 0.349 e. The Labute approximate surface area is 152 Å². The fraction of sp³-hybridized carbons (Fsp3) is 0.412.